The van der Waals surface area contributed by atoms with E-state index in [4.69, 9.17) is 16.3 Å². The molecule has 2 aromatic rings. The second-order valence-electron chi connectivity index (χ2n) is 8.89. The molecule has 1 aliphatic heterocycles. The first kappa shape index (κ1) is 27.9. The van der Waals surface area contributed by atoms with E-state index >= 15 is 0 Å². The number of benzene rings is 1. The van der Waals surface area contributed by atoms with Gasteiger partial charge < -0.3 is 15.0 Å². The lowest BCUT2D eigenvalue weighted by Crippen LogP contribution is -2.47. The first-order valence-corrected chi connectivity index (χ1v) is 10.9. The van der Waals surface area contributed by atoms with Gasteiger partial charge in [-0.25, -0.2) is 23.4 Å². The number of rotatable bonds is 4. The second-order valence-corrected chi connectivity index (χ2v) is 9.27. The molecule has 37 heavy (non-hydrogen) atoms. The number of urea groups is 1. The van der Waals surface area contributed by atoms with E-state index in [1.165, 1.54) is 20.8 Å². The Morgan fingerprint density at radius 3 is 2.46 bits per heavy atom. The smallest absolute Gasteiger partial charge is 0.416 e. The van der Waals surface area contributed by atoms with Crippen molar-refractivity contribution in [2.45, 2.75) is 38.6 Å². The topological polar surface area (TPSA) is 104 Å². The van der Waals surface area contributed by atoms with Crippen LogP contribution in [0, 0.1) is 11.6 Å². The highest BCUT2D eigenvalue weighted by Gasteiger charge is 2.42. The second kappa shape index (κ2) is 10.00. The highest BCUT2D eigenvalue weighted by Crippen LogP contribution is 2.35. The molecule has 1 saturated heterocycles. The highest BCUT2D eigenvalue weighted by molar-refractivity contribution is 6.31. The van der Waals surface area contributed by atoms with Gasteiger partial charge >= 0.3 is 18.3 Å². The zero-order valence-electron chi connectivity index (χ0n) is 19.8. The summed E-state index contributed by atoms with van der Waals surface area (Å²) in [6.45, 7) is 4.24. The van der Waals surface area contributed by atoms with Gasteiger partial charge in [-0.05, 0) is 45.0 Å². The predicted octanol–water partition coefficient (Wildman–Crippen LogP) is 4.94. The Hall–Kier alpha value is -3.68. The summed E-state index contributed by atoms with van der Waals surface area (Å²) in [5.74, 6) is -4.49. The third-order valence-corrected chi connectivity index (χ3v) is 5.33. The zero-order valence-corrected chi connectivity index (χ0v) is 20.6. The first-order valence-electron chi connectivity index (χ1n) is 10.6. The van der Waals surface area contributed by atoms with Crippen LogP contribution in [0.25, 0.3) is 0 Å². The van der Waals surface area contributed by atoms with Crippen molar-refractivity contribution in [3.63, 3.8) is 0 Å². The summed E-state index contributed by atoms with van der Waals surface area (Å²) in [4.78, 5) is 43.1. The lowest BCUT2D eigenvalue weighted by atomic mass is 10.2. The van der Waals surface area contributed by atoms with Crippen molar-refractivity contribution in [3.05, 3.63) is 46.5 Å². The summed E-state index contributed by atoms with van der Waals surface area (Å²) >= 11 is 5.57. The third-order valence-electron chi connectivity index (χ3n) is 4.98. The normalized spacial score (nSPS) is 15.9. The number of nitrogens with zero attached hydrogens (tertiary/aromatic N) is 3. The molecule has 0 unspecified atom stereocenters. The molecule has 0 saturated carbocycles. The monoisotopic (exact) mass is 549 g/mol. The number of aromatic nitrogens is 1. The summed E-state index contributed by atoms with van der Waals surface area (Å²) < 4.78 is 73.9. The number of nitrogens with one attached hydrogen (secondary N) is 2. The molecule has 9 nitrogen and oxygen atoms in total. The van der Waals surface area contributed by atoms with Crippen LogP contribution in [0.2, 0.25) is 5.02 Å². The molecular formula is C22H21ClF5N5O4. The fraction of sp³-hybridized carbons (Fsp3) is 0.364. The summed E-state index contributed by atoms with van der Waals surface area (Å²) in [5.41, 5.74) is -2.68. The van der Waals surface area contributed by atoms with Crippen molar-refractivity contribution in [2.75, 3.05) is 28.7 Å². The highest BCUT2D eigenvalue weighted by atomic mass is 35.5. The van der Waals surface area contributed by atoms with Crippen molar-refractivity contribution in [1.29, 1.82) is 0 Å². The molecule has 1 atom stereocenters. The Bertz CT molecular complexity index is 1250. The summed E-state index contributed by atoms with van der Waals surface area (Å²) in [6, 6.07) is 0.351. The molecule has 4 amide bonds. The van der Waals surface area contributed by atoms with Gasteiger partial charge in [0.25, 0.3) is 5.91 Å². The van der Waals surface area contributed by atoms with Crippen molar-refractivity contribution in [2.24, 2.45) is 0 Å². The molecule has 3 rings (SSSR count). The van der Waals surface area contributed by atoms with Gasteiger partial charge in [-0.1, -0.05) is 11.6 Å². The maximum Gasteiger partial charge on any atom is 0.416 e. The molecule has 200 valence electrons. The zero-order chi connectivity index (χ0) is 27.9. The minimum absolute atomic E-state index is 0.370. The number of alkyl halides is 3. The Morgan fingerprint density at radius 1 is 1.22 bits per heavy atom. The summed E-state index contributed by atoms with van der Waals surface area (Å²) in [5, 5.41) is 3.52. The van der Waals surface area contributed by atoms with Crippen LogP contribution in [0.4, 0.5) is 48.9 Å². The van der Waals surface area contributed by atoms with E-state index in [0.717, 1.165) is 24.1 Å². The standard InChI is InChI=1S/C22H21ClF5N5O4/c1-21(2,3)37-20(36)31-14-7-10(22(26,27)28)8-15(30-14)33-13(9-29-19(33)35)18(34)32(4)12-6-5-11(24)16(23)17(12)25/h5-8,13H,9H2,1-4H3,(H,29,35)(H,30,31,36)/t13-/m0/s1. The van der Waals surface area contributed by atoms with Gasteiger partial charge in [-0.15, -0.1) is 0 Å². The number of hydrogen-bond donors (Lipinski definition) is 2. The van der Waals surface area contributed by atoms with E-state index in [2.05, 4.69) is 15.6 Å². The average molecular weight is 550 g/mol. The molecule has 1 aliphatic rings. The van der Waals surface area contributed by atoms with Crippen LogP contribution in [0.15, 0.2) is 24.3 Å². The van der Waals surface area contributed by atoms with Gasteiger partial charge in [0.15, 0.2) is 5.82 Å². The molecule has 0 radical (unpaired) electrons. The Balaban J connectivity index is 2.00. The number of carbonyl (C=O) groups is 3. The fourth-order valence-electron chi connectivity index (χ4n) is 3.36. The largest absolute Gasteiger partial charge is 0.444 e. The lowest BCUT2D eigenvalue weighted by molar-refractivity contribution is -0.137. The number of halogens is 6. The minimum Gasteiger partial charge on any atom is -0.444 e. The molecule has 1 aromatic heterocycles. The molecule has 0 bridgehead atoms. The number of hydrogen-bond acceptors (Lipinski definition) is 5. The van der Waals surface area contributed by atoms with E-state index in [1.807, 2.05) is 0 Å². The fourth-order valence-corrected chi connectivity index (χ4v) is 3.52. The van der Waals surface area contributed by atoms with Gasteiger partial charge in [0.2, 0.25) is 0 Å². The van der Waals surface area contributed by atoms with Crippen molar-refractivity contribution < 1.29 is 41.1 Å². The van der Waals surface area contributed by atoms with Crippen LogP contribution >= 0.6 is 11.6 Å². The number of likely N-dealkylation sites (N-methyl/N-ethyl adjacent to an activating group) is 1. The van der Waals surface area contributed by atoms with Gasteiger partial charge in [-0.2, -0.15) is 13.2 Å². The molecule has 1 aromatic carbocycles. The van der Waals surface area contributed by atoms with Gasteiger partial charge in [0.05, 0.1) is 11.3 Å². The Labute approximate surface area is 212 Å². The van der Waals surface area contributed by atoms with Crippen LogP contribution in [-0.2, 0) is 15.7 Å². The summed E-state index contributed by atoms with van der Waals surface area (Å²) in [7, 11) is 1.12. The van der Waals surface area contributed by atoms with Gasteiger partial charge in [0, 0.05) is 13.6 Å². The molecule has 1 fully saturated rings. The Kier molecular flexibility index (Phi) is 7.54. The number of carbonyl (C=O) groups excluding carboxylic acids is 3. The molecule has 2 N–H and O–H groups in total. The maximum atomic E-state index is 14.5. The van der Waals surface area contributed by atoms with Crippen LogP contribution in [-0.4, -0.2) is 48.3 Å². The SMILES string of the molecule is CN(C(=O)[C@@H]1CNC(=O)N1c1cc(C(F)(F)F)cc(NC(=O)OC(C)(C)C)n1)c1ccc(F)c(Cl)c1F. The summed E-state index contributed by atoms with van der Waals surface area (Å²) in [6.07, 6.45) is -6.02. The number of amides is 4. The van der Waals surface area contributed by atoms with Crippen molar-refractivity contribution >= 4 is 47.0 Å². The van der Waals surface area contributed by atoms with E-state index in [0.29, 0.717) is 17.0 Å². The van der Waals surface area contributed by atoms with Crippen LogP contribution in [0.5, 0.6) is 0 Å². The van der Waals surface area contributed by atoms with E-state index < -0.39 is 75.4 Å². The molecule has 0 spiro atoms. The van der Waals surface area contributed by atoms with Crippen LogP contribution in [0.3, 0.4) is 0 Å². The van der Waals surface area contributed by atoms with E-state index in [1.54, 1.807) is 0 Å². The quantitative estimate of drug-likeness (QED) is 0.415. The molecule has 0 aliphatic carbocycles. The molecular weight excluding hydrogens is 529 g/mol. The minimum atomic E-state index is -4.91. The number of anilines is 3. The maximum absolute atomic E-state index is 14.5. The third kappa shape index (κ3) is 6.18. The average Bonchev–Trinajstić information content (AvgIpc) is 3.15. The predicted molar refractivity (Wildman–Crippen MR) is 124 cm³/mol. The number of ether oxygens (including phenoxy) is 1. The van der Waals surface area contributed by atoms with E-state index in [-0.39, 0.29) is 6.54 Å². The van der Waals surface area contributed by atoms with Crippen LogP contribution in [0.1, 0.15) is 26.3 Å². The first-order chi connectivity index (χ1) is 17.0. The van der Waals surface area contributed by atoms with Gasteiger partial charge in [0.1, 0.15) is 34.1 Å². The molecule has 2 heterocycles. The van der Waals surface area contributed by atoms with Gasteiger partial charge in [-0.3, -0.25) is 15.0 Å². The van der Waals surface area contributed by atoms with E-state index in [9.17, 15) is 36.3 Å². The van der Waals surface area contributed by atoms with Crippen molar-refractivity contribution in [1.82, 2.24) is 10.3 Å². The van der Waals surface area contributed by atoms with Crippen LogP contribution < -0.4 is 20.4 Å². The lowest BCUT2D eigenvalue weighted by Gasteiger charge is -2.27. The number of pyridine rings is 1. The molecule has 15 heteroatoms. The van der Waals surface area contributed by atoms with Crippen molar-refractivity contribution in [3.8, 4) is 0 Å². The Morgan fingerprint density at radius 2 is 1.86 bits per heavy atom.